The number of para-hydroxylation sites is 1. The first-order chi connectivity index (χ1) is 18.1. The molecule has 1 saturated heterocycles. The Hall–Kier alpha value is -3.55. The van der Waals surface area contributed by atoms with Crippen molar-refractivity contribution < 1.29 is 14.3 Å². The SMILES string of the molecule is CCCCN(C)c1ccc2nc(-c3ccccc3OC)n(CC3CCN(C(=O)OC(C)(C)C)C3)c(=O)c2c1. The van der Waals surface area contributed by atoms with Gasteiger partial charge in [-0.15, -0.1) is 0 Å². The van der Waals surface area contributed by atoms with Crippen LogP contribution in [0.3, 0.4) is 0 Å². The molecule has 1 fully saturated rings. The Morgan fingerprint density at radius 2 is 1.95 bits per heavy atom. The minimum absolute atomic E-state index is 0.0858. The zero-order chi connectivity index (χ0) is 27.4. The number of anilines is 1. The average Bonchev–Trinajstić information content (AvgIpc) is 3.36. The molecule has 1 aliphatic rings. The molecule has 2 heterocycles. The number of benzene rings is 2. The Morgan fingerprint density at radius 3 is 2.66 bits per heavy atom. The quantitative estimate of drug-likeness (QED) is 0.387. The number of carbonyl (C=O) groups is 1. The summed E-state index contributed by atoms with van der Waals surface area (Å²) < 4.78 is 13.0. The molecule has 3 aromatic rings. The number of likely N-dealkylation sites (tertiary alicyclic amines) is 1. The van der Waals surface area contributed by atoms with Crippen LogP contribution in [0, 0.1) is 5.92 Å². The van der Waals surface area contributed by atoms with Crippen LogP contribution in [-0.4, -0.2) is 59.9 Å². The van der Waals surface area contributed by atoms with E-state index >= 15 is 0 Å². The van der Waals surface area contributed by atoms with Crippen LogP contribution in [0.2, 0.25) is 0 Å². The fourth-order valence-electron chi connectivity index (χ4n) is 4.91. The van der Waals surface area contributed by atoms with Gasteiger partial charge in [0.15, 0.2) is 0 Å². The summed E-state index contributed by atoms with van der Waals surface area (Å²) >= 11 is 0. The second kappa shape index (κ2) is 11.5. The van der Waals surface area contributed by atoms with E-state index in [2.05, 4.69) is 18.9 Å². The zero-order valence-electron chi connectivity index (χ0n) is 23.5. The van der Waals surface area contributed by atoms with Gasteiger partial charge in [-0.25, -0.2) is 9.78 Å². The monoisotopic (exact) mass is 520 g/mol. The van der Waals surface area contributed by atoms with Crippen molar-refractivity contribution in [2.45, 2.75) is 59.1 Å². The number of methoxy groups -OCH3 is 1. The van der Waals surface area contributed by atoms with Crippen LogP contribution in [0.15, 0.2) is 47.3 Å². The molecule has 0 saturated carbocycles. The second-order valence-electron chi connectivity index (χ2n) is 11.1. The zero-order valence-corrected chi connectivity index (χ0v) is 23.5. The van der Waals surface area contributed by atoms with Crippen molar-refractivity contribution in [2.75, 3.05) is 38.7 Å². The molecule has 1 unspecified atom stereocenters. The van der Waals surface area contributed by atoms with Crippen LogP contribution in [0.1, 0.15) is 47.0 Å². The third-order valence-electron chi connectivity index (χ3n) is 6.95. The van der Waals surface area contributed by atoms with Gasteiger partial charge in [-0.05, 0) is 69.9 Å². The number of unbranched alkanes of at least 4 members (excludes halogenated alkanes) is 1. The normalized spacial score (nSPS) is 15.6. The summed E-state index contributed by atoms with van der Waals surface area (Å²) in [7, 11) is 3.67. The fourth-order valence-corrected chi connectivity index (χ4v) is 4.91. The molecule has 38 heavy (non-hydrogen) atoms. The second-order valence-corrected chi connectivity index (χ2v) is 11.1. The highest BCUT2D eigenvalue weighted by atomic mass is 16.6. The van der Waals surface area contributed by atoms with Gasteiger partial charge in [-0.3, -0.25) is 9.36 Å². The number of hydrogen-bond acceptors (Lipinski definition) is 6. The highest BCUT2D eigenvalue weighted by Gasteiger charge is 2.31. The van der Waals surface area contributed by atoms with Crippen LogP contribution in [0.25, 0.3) is 22.3 Å². The van der Waals surface area contributed by atoms with Crippen molar-refractivity contribution in [3.63, 3.8) is 0 Å². The Labute approximate surface area is 225 Å². The minimum atomic E-state index is -0.548. The Balaban J connectivity index is 1.74. The third-order valence-corrected chi connectivity index (χ3v) is 6.95. The first-order valence-corrected chi connectivity index (χ1v) is 13.5. The van der Waals surface area contributed by atoms with Gasteiger partial charge in [-0.2, -0.15) is 0 Å². The number of rotatable bonds is 8. The lowest BCUT2D eigenvalue weighted by Crippen LogP contribution is -2.36. The molecule has 8 nitrogen and oxygen atoms in total. The molecule has 0 aliphatic carbocycles. The number of aromatic nitrogens is 2. The van der Waals surface area contributed by atoms with Crippen molar-refractivity contribution in [1.82, 2.24) is 14.5 Å². The first-order valence-electron chi connectivity index (χ1n) is 13.5. The van der Waals surface area contributed by atoms with E-state index in [0.717, 1.165) is 37.1 Å². The van der Waals surface area contributed by atoms with E-state index in [4.69, 9.17) is 14.5 Å². The van der Waals surface area contributed by atoms with Gasteiger partial charge in [0.1, 0.15) is 17.2 Å². The summed E-state index contributed by atoms with van der Waals surface area (Å²) in [6, 6.07) is 13.5. The smallest absolute Gasteiger partial charge is 0.410 e. The standard InChI is InChI=1S/C30H40N4O4/c1-7-8-16-32(5)22-13-14-25-24(18-22)28(35)34(27(31-25)23-11-9-10-12-26(23)37-6)20-21-15-17-33(19-21)29(36)38-30(2,3)4/h9-14,18,21H,7-8,15-17,19-20H2,1-6H3. The van der Waals surface area contributed by atoms with Crippen LogP contribution < -0.4 is 15.2 Å². The first kappa shape index (κ1) is 27.5. The van der Waals surface area contributed by atoms with Crippen molar-refractivity contribution in [2.24, 2.45) is 5.92 Å². The molecule has 2 aromatic carbocycles. The van der Waals surface area contributed by atoms with Crippen molar-refractivity contribution in [3.8, 4) is 17.1 Å². The summed E-state index contributed by atoms with van der Waals surface area (Å²) in [5.74, 6) is 1.33. The molecule has 0 spiro atoms. The molecular formula is C30H40N4O4. The van der Waals surface area contributed by atoms with Gasteiger partial charge in [0.25, 0.3) is 5.56 Å². The number of nitrogens with zero attached hydrogens (tertiary/aromatic N) is 4. The molecule has 0 bridgehead atoms. The van der Waals surface area contributed by atoms with E-state index < -0.39 is 5.60 Å². The maximum atomic E-state index is 14.1. The molecule has 1 amide bonds. The lowest BCUT2D eigenvalue weighted by molar-refractivity contribution is 0.0287. The summed E-state index contributed by atoms with van der Waals surface area (Å²) in [6.45, 7) is 10.3. The van der Waals surface area contributed by atoms with E-state index in [1.54, 1.807) is 16.6 Å². The summed E-state index contributed by atoms with van der Waals surface area (Å²) in [5.41, 5.74) is 1.78. The lowest BCUT2D eigenvalue weighted by atomic mass is 10.1. The predicted molar refractivity (Wildman–Crippen MR) is 152 cm³/mol. The van der Waals surface area contributed by atoms with Crippen LogP contribution in [-0.2, 0) is 11.3 Å². The third kappa shape index (κ3) is 6.11. The molecule has 0 radical (unpaired) electrons. The van der Waals surface area contributed by atoms with Gasteiger partial charge in [-0.1, -0.05) is 25.5 Å². The summed E-state index contributed by atoms with van der Waals surface area (Å²) in [6.07, 6.45) is 2.67. The molecule has 1 atom stereocenters. The van der Waals surface area contributed by atoms with Crippen LogP contribution >= 0.6 is 0 Å². The van der Waals surface area contributed by atoms with Gasteiger partial charge in [0.05, 0.1) is 23.6 Å². The molecule has 0 N–H and O–H groups in total. The van der Waals surface area contributed by atoms with Gasteiger partial charge in [0, 0.05) is 38.9 Å². The van der Waals surface area contributed by atoms with Crippen molar-refractivity contribution in [1.29, 1.82) is 0 Å². The van der Waals surface area contributed by atoms with Crippen molar-refractivity contribution in [3.05, 3.63) is 52.8 Å². The summed E-state index contributed by atoms with van der Waals surface area (Å²) in [5, 5.41) is 0.589. The van der Waals surface area contributed by atoms with E-state index in [9.17, 15) is 9.59 Å². The average molecular weight is 521 g/mol. The van der Waals surface area contributed by atoms with Crippen molar-refractivity contribution >= 4 is 22.7 Å². The summed E-state index contributed by atoms with van der Waals surface area (Å²) in [4.78, 5) is 35.6. The molecule has 1 aliphatic heterocycles. The maximum Gasteiger partial charge on any atom is 0.410 e. The molecule has 1 aromatic heterocycles. The predicted octanol–water partition coefficient (Wildman–Crippen LogP) is 5.57. The van der Waals surface area contributed by atoms with E-state index in [1.807, 2.05) is 63.2 Å². The van der Waals surface area contributed by atoms with E-state index in [1.165, 1.54) is 0 Å². The molecular weight excluding hydrogens is 480 g/mol. The maximum absolute atomic E-state index is 14.1. The number of carbonyl (C=O) groups excluding carboxylic acids is 1. The number of fused-ring (bicyclic) bond motifs is 1. The largest absolute Gasteiger partial charge is 0.496 e. The van der Waals surface area contributed by atoms with Crippen LogP contribution in [0.5, 0.6) is 5.75 Å². The van der Waals surface area contributed by atoms with E-state index in [-0.39, 0.29) is 17.6 Å². The molecule has 8 heteroatoms. The van der Waals surface area contributed by atoms with Gasteiger partial charge in [0.2, 0.25) is 0 Å². The molecule has 204 valence electrons. The fraction of sp³-hybridized carbons (Fsp3) is 0.500. The minimum Gasteiger partial charge on any atom is -0.496 e. The highest BCUT2D eigenvalue weighted by molar-refractivity contribution is 5.84. The van der Waals surface area contributed by atoms with Crippen LogP contribution in [0.4, 0.5) is 10.5 Å². The molecule has 4 rings (SSSR count). The van der Waals surface area contributed by atoms with E-state index in [0.29, 0.717) is 42.1 Å². The Bertz CT molecular complexity index is 1340. The Morgan fingerprint density at radius 1 is 1.18 bits per heavy atom. The number of amides is 1. The van der Waals surface area contributed by atoms with Gasteiger partial charge >= 0.3 is 6.09 Å². The Kier molecular flexibility index (Phi) is 8.29. The number of hydrogen-bond donors (Lipinski definition) is 0. The number of ether oxygens (including phenoxy) is 2. The van der Waals surface area contributed by atoms with Gasteiger partial charge < -0.3 is 19.3 Å². The topological polar surface area (TPSA) is 76.9 Å². The lowest BCUT2D eigenvalue weighted by Gasteiger charge is -2.24. The highest BCUT2D eigenvalue weighted by Crippen LogP contribution is 2.31.